The summed E-state index contributed by atoms with van der Waals surface area (Å²) in [6.07, 6.45) is 8.13. The number of aromatic nitrogens is 2. The van der Waals surface area contributed by atoms with Crippen LogP contribution in [0.2, 0.25) is 5.15 Å². The molecule has 0 amide bonds. The minimum atomic E-state index is 0. The zero-order valence-electron chi connectivity index (χ0n) is 16.5. The molecule has 0 saturated carbocycles. The monoisotopic (exact) mass is 412 g/mol. The number of likely N-dealkylation sites (N-methyl/N-ethyl adjacent to an activating group) is 2. The van der Waals surface area contributed by atoms with Gasteiger partial charge in [-0.2, -0.15) is 5.11 Å². The first-order chi connectivity index (χ1) is 13.5. The maximum absolute atomic E-state index is 6.53. The Hall–Kier alpha value is -2.57. The van der Waals surface area contributed by atoms with E-state index in [1.807, 2.05) is 62.5 Å². The summed E-state index contributed by atoms with van der Waals surface area (Å²) in [7, 11) is 6.06. The summed E-state index contributed by atoms with van der Waals surface area (Å²) < 4.78 is 0. The van der Waals surface area contributed by atoms with Crippen molar-refractivity contribution in [2.24, 2.45) is 10.2 Å². The summed E-state index contributed by atoms with van der Waals surface area (Å²) in [4.78, 5) is 13.4. The summed E-state index contributed by atoms with van der Waals surface area (Å²) in [5.41, 5.74) is 2.23. The molecule has 0 spiro atoms. The molecule has 0 aliphatic heterocycles. The van der Waals surface area contributed by atoms with Crippen LogP contribution in [0, 0.1) is 0 Å². The van der Waals surface area contributed by atoms with Gasteiger partial charge in [-0.15, -0.1) is 5.11 Å². The van der Waals surface area contributed by atoms with Crippen molar-refractivity contribution in [1.29, 1.82) is 0 Å². The maximum Gasteiger partial charge on any atom is 0.165 e. The minimum absolute atomic E-state index is 0. The molecule has 0 bridgehead atoms. The van der Waals surface area contributed by atoms with Crippen LogP contribution in [-0.2, 0) is 0 Å². The highest BCUT2D eigenvalue weighted by atomic mass is 35.5. The number of hydrogen-bond donors (Lipinski definition) is 0. The highest BCUT2D eigenvalue weighted by Gasteiger charge is 2.18. The average molecular weight is 413 g/mol. The Morgan fingerprint density at radius 2 is 1.76 bits per heavy atom. The van der Waals surface area contributed by atoms with Crippen LogP contribution in [0.5, 0.6) is 0 Å². The average Bonchev–Trinajstić information content (AvgIpc) is 2.72. The van der Waals surface area contributed by atoms with Crippen molar-refractivity contribution in [3.05, 3.63) is 59.4 Å². The molecule has 29 heavy (non-hydrogen) atoms. The van der Waals surface area contributed by atoms with Crippen LogP contribution in [0.1, 0.15) is 20.3 Å². The van der Waals surface area contributed by atoms with Gasteiger partial charge in [-0.25, -0.2) is 9.97 Å². The molecule has 1 aliphatic carbocycles. The standard InChI is InChI=1S/C21H25ClN6.CH4/c1-27(2)14-15-28(3)21-18(26-25-17-12-8-5-9-13-17)19(22)23-20(24-21)16-10-6-4-7-11-16;/h4,6-8,10-13H,5,9,14-15H2,1-3H3;1H4. The van der Waals surface area contributed by atoms with Crippen molar-refractivity contribution < 1.29 is 0 Å². The molecule has 0 radical (unpaired) electrons. The maximum atomic E-state index is 6.53. The number of nitrogens with zero attached hydrogens (tertiary/aromatic N) is 6. The molecule has 2 aromatic rings. The fourth-order valence-corrected chi connectivity index (χ4v) is 2.92. The predicted molar refractivity (Wildman–Crippen MR) is 122 cm³/mol. The van der Waals surface area contributed by atoms with Gasteiger partial charge >= 0.3 is 0 Å². The van der Waals surface area contributed by atoms with Gasteiger partial charge in [0.25, 0.3) is 0 Å². The first-order valence-corrected chi connectivity index (χ1v) is 9.69. The van der Waals surface area contributed by atoms with E-state index in [-0.39, 0.29) is 7.43 Å². The van der Waals surface area contributed by atoms with E-state index < -0.39 is 0 Å². The van der Waals surface area contributed by atoms with Crippen LogP contribution >= 0.6 is 11.6 Å². The van der Waals surface area contributed by atoms with Crippen molar-refractivity contribution in [3.8, 4) is 11.4 Å². The van der Waals surface area contributed by atoms with Crippen molar-refractivity contribution >= 4 is 23.1 Å². The molecule has 1 aliphatic rings. The summed E-state index contributed by atoms with van der Waals surface area (Å²) >= 11 is 6.53. The SMILES string of the molecule is C.CN(C)CCN(C)c1nc(-c2ccccc2)nc(Cl)c1N=NC1=CCCC=C1. The highest BCUT2D eigenvalue weighted by molar-refractivity contribution is 6.32. The van der Waals surface area contributed by atoms with E-state index in [0.717, 1.165) is 37.2 Å². The zero-order chi connectivity index (χ0) is 19.9. The highest BCUT2D eigenvalue weighted by Crippen LogP contribution is 2.35. The number of halogens is 1. The van der Waals surface area contributed by atoms with E-state index in [1.165, 1.54) is 0 Å². The summed E-state index contributed by atoms with van der Waals surface area (Å²) in [6.45, 7) is 1.66. The van der Waals surface area contributed by atoms with Crippen LogP contribution in [0.3, 0.4) is 0 Å². The number of allylic oxidation sites excluding steroid dienone is 3. The van der Waals surface area contributed by atoms with Gasteiger partial charge in [0, 0.05) is 25.7 Å². The van der Waals surface area contributed by atoms with Gasteiger partial charge in [0.15, 0.2) is 22.5 Å². The summed E-state index contributed by atoms with van der Waals surface area (Å²) in [6, 6.07) is 9.81. The molecule has 1 heterocycles. The quantitative estimate of drug-likeness (QED) is 0.429. The van der Waals surface area contributed by atoms with E-state index in [1.54, 1.807) is 0 Å². The molecular formula is C22H29ClN6. The van der Waals surface area contributed by atoms with Gasteiger partial charge in [0.1, 0.15) is 0 Å². The molecule has 1 aromatic carbocycles. The number of anilines is 1. The van der Waals surface area contributed by atoms with E-state index in [4.69, 9.17) is 16.6 Å². The summed E-state index contributed by atoms with van der Waals surface area (Å²) in [5.74, 6) is 1.25. The Bertz CT molecular complexity index is 890. The van der Waals surface area contributed by atoms with Crippen LogP contribution in [-0.4, -0.2) is 49.1 Å². The Labute approximate surface area is 178 Å². The predicted octanol–water partition coefficient (Wildman–Crippen LogP) is 5.75. The molecule has 3 rings (SSSR count). The minimum Gasteiger partial charge on any atom is -0.356 e. The molecule has 0 atom stereocenters. The normalized spacial score (nSPS) is 13.5. The lowest BCUT2D eigenvalue weighted by Gasteiger charge is -2.22. The van der Waals surface area contributed by atoms with Gasteiger partial charge in [0.2, 0.25) is 0 Å². The van der Waals surface area contributed by atoms with Crippen molar-refractivity contribution in [1.82, 2.24) is 14.9 Å². The van der Waals surface area contributed by atoms with Gasteiger partial charge < -0.3 is 9.80 Å². The fraction of sp³-hybridized carbons (Fsp3) is 0.364. The number of azo groups is 1. The Balaban J connectivity index is 0.00000300. The first kappa shape index (κ1) is 22.7. The molecule has 0 saturated heterocycles. The second-order valence-electron chi connectivity index (χ2n) is 6.91. The van der Waals surface area contributed by atoms with E-state index >= 15 is 0 Å². The number of benzene rings is 1. The van der Waals surface area contributed by atoms with E-state index in [0.29, 0.717) is 22.5 Å². The number of hydrogen-bond acceptors (Lipinski definition) is 6. The van der Waals surface area contributed by atoms with Gasteiger partial charge in [-0.1, -0.05) is 61.5 Å². The molecule has 6 nitrogen and oxygen atoms in total. The third kappa shape index (κ3) is 6.21. The summed E-state index contributed by atoms with van der Waals surface area (Å²) in [5, 5.41) is 9.05. The second kappa shape index (κ2) is 10.8. The Morgan fingerprint density at radius 1 is 1.00 bits per heavy atom. The molecule has 7 heteroatoms. The first-order valence-electron chi connectivity index (χ1n) is 9.32. The lowest BCUT2D eigenvalue weighted by Crippen LogP contribution is -2.29. The van der Waals surface area contributed by atoms with Gasteiger partial charge in [0.05, 0.1) is 5.70 Å². The lowest BCUT2D eigenvalue weighted by atomic mass is 10.2. The fourth-order valence-electron chi connectivity index (χ4n) is 2.72. The largest absolute Gasteiger partial charge is 0.356 e. The van der Waals surface area contributed by atoms with Crippen LogP contribution in [0.15, 0.2) is 64.5 Å². The lowest BCUT2D eigenvalue weighted by molar-refractivity contribution is 0.416. The molecule has 154 valence electrons. The Morgan fingerprint density at radius 3 is 2.41 bits per heavy atom. The van der Waals surface area contributed by atoms with Crippen molar-refractivity contribution in [3.63, 3.8) is 0 Å². The van der Waals surface area contributed by atoms with Gasteiger partial charge in [-0.05, 0) is 33.0 Å². The van der Waals surface area contributed by atoms with Crippen molar-refractivity contribution in [2.75, 3.05) is 39.1 Å². The third-order valence-electron chi connectivity index (χ3n) is 4.34. The second-order valence-corrected chi connectivity index (χ2v) is 7.27. The van der Waals surface area contributed by atoms with Crippen LogP contribution < -0.4 is 4.90 Å². The van der Waals surface area contributed by atoms with Crippen molar-refractivity contribution in [2.45, 2.75) is 20.3 Å². The van der Waals surface area contributed by atoms with E-state index in [2.05, 4.69) is 32.3 Å². The Kier molecular flexibility index (Phi) is 8.49. The number of rotatable bonds is 7. The van der Waals surface area contributed by atoms with Crippen LogP contribution in [0.4, 0.5) is 11.5 Å². The zero-order valence-corrected chi connectivity index (χ0v) is 17.3. The third-order valence-corrected chi connectivity index (χ3v) is 4.60. The smallest absolute Gasteiger partial charge is 0.165 e. The molecule has 0 unspecified atom stereocenters. The topological polar surface area (TPSA) is 57.0 Å². The van der Waals surface area contributed by atoms with Crippen LogP contribution in [0.25, 0.3) is 11.4 Å². The molecular weight excluding hydrogens is 384 g/mol. The van der Waals surface area contributed by atoms with Gasteiger partial charge in [-0.3, -0.25) is 0 Å². The molecule has 0 N–H and O–H groups in total. The molecule has 1 aromatic heterocycles. The van der Waals surface area contributed by atoms with E-state index in [9.17, 15) is 0 Å². The molecule has 0 fully saturated rings.